The Morgan fingerprint density at radius 1 is 0.976 bits per heavy atom. The summed E-state index contributed by atoms with van der Waals surface area (Å²) in [5.74, 6) is 1.72. The van der Waals surface area contributed by atoms with Gasteiger partial charge in [0.15, 0.2) is 0 Å². The zero-order valence-corrected chi connectivity index (χ0v) is 25.7. The molecular weight excluding hydrogens is 571 g/mol. The van der Waals surface area contributed by atoms with Crippen molar-refractivity contribution in [3.63, 3.8) is 0 Å². The molecule has 0 N–H and O–H groups in total. The summed E-state index contributed by atoms with van der Waals surface area (Å²) in [6, 6.07) is 17.8. The van der Waals surface area contributed by atoms with Crippen molar-refractivity contribution in [1.29, 1.82) is 0 Å². The van der Waals surface area contributed by atoms with E-state index >= 15 is 0 Å². The topological polar surface area (TPSA) is 66.9 Å². The molecule has 3 aromatic rings. The van der Waals surface area contributed by atoms with Crippen molar-refractivity contribution in [2.75, 3.05) is 11.4 Å². The average molecular weight is 606 g/mol. The summed E-state index contributed by atoms with van der Waals surface area (Å²) in [7, 11) is 0. The molecule has 0 fully saturated rings. The maximum atomic E-state index is 14.6. The van der Waals surface area contributed by atoms with E-state index in [4.69, 9.17) is 34.4 Å². The van der Waals surface area contributed by atoms with Gasteiger partial charge in [-0.1, -0.05) is 53.4 Å². The van der Waals surface area contributed by atoms with Gasteiger partial charge >= 0.3 is 5.97 Å². The monoisotopic (exact) mass is 604 g/mol. The highest BCUT2D eigenvalue weighted by Crippen LogP contribution is 2.40. The molecule has 0 bridgehead atoms. The highest BCUT2D eigenvalue weighted by atomic mass is 35.5. The minimum Gasteiger partial charge on any atom is -0.460 e. The number of nitrogens with zero attached hydrogens (tertiary/aromatic N) is 2. The van der Waals surface area contributed by atoms with E-state index in [0.717, 1.165) is 5.56 Å². The molecule has 8 heteroatoms. The summed E-state index contributed by atoms with van der Waals surface area (Å²) in [4.78, 5) is 44.5. The zero-order valence-electron chi connectivity index (χ0n) is 24.2. The van der Waals surface area contributed by atoms with Gasteiger partial charge in [0.1, 0.15) is 11.6 Å². The lowest BCUT2D eigenvalue weighted by atomic mass is 9.98. The Morgan fingerprint density at radius 2 is 1.60 bits per heavy atom. The second kappa shape index (κ2) is 13.0. The van der Waals surface area contributed by atoms with Crippen LogP contribution in [0.15, 0.2) is 66.7 Å². The summed E-state index contributed by atoms with van der Waals surface area (Å²) >= 11 is 12.3. The number of hydrogen-bond acceptors (Lipinski definition) is 4. The molecule has 0 spiro atoms. The molecule has 1 aliphatic heterocycles. The van der Waals surface area contributed by atoms with Crippen LogP contribution in [0.2, 0.25) is 10.0 Å². The van der Waals surface area contributed by atoms with Crippen LogP contribution in [0.25, 0.3) is 0 Å². The summed E-state index contributed by atoms with van der Waals surface area (Å²) < 4.78 is 5.43. The third-order valence-electron chi connectivity index (χ3n) is 7.09. The Morgan fingerprint density at radius 3 is 2.19 bits per heavy atom. The van der Waals surface area contributed by atoms with E-state index in [1.54, 1.807) is 64.4 Å². The first kappa shape index (κ1) is 31.2. The summed E-state index contributed by atoms with van der Waals surface area (Å²) in [5.41, 5.74) is 2.22. The van der Waals surface area contributed by atoms with E-state index in [1.807, 2.05) is 39.8 Å². The number of unbranched alkanes of at least 4 members (excludes halogenated alkanes) is 1. The molecule has 0 aromatic heterocycles. The van der Waals surface area contributed by atoms with Crippen LogP contribution in [-0.4, -0.2) is 34.8 Å². The molecular formula is C34H34Cl2N2O4. The number of rotatable bonds is 8. The van der Waals surface area contributed by atoms with Gasteiger partial charge in [-0.25, -0.2) is 0 Å². The van der Waals surface area contributed by atoms with E-state index in [1.165, 1.54) is 0 Å². The first-order valence-electron chi connectivity index (χ1n) is 13.9. The lowest BCUT2D eigenvalue weighted by molar-refractivity contribution is -0.154. The van der Waals surface area contributed by atoms with Gasteiger partial charge in [-0.3, -0.25) is 14.4 Å². The summed E-state index contributed by atoms with van der Waals surface area (Å²) in [6.45, 7) is 7.66. The second-order valence-electron chi connectivity index (χ2n) is 11.3. The van der Waals surface area contributed by atoms with Crippen molar-refractivity contribution in [3.05, 3.63) is 99.0 Å². The molecule has 4 rings (SSSR count). The largest absolute Gasteiger partial charge is 0.460 e. The lowest BCUT2D eigenvalue weighted by Crippen LogP contribution is -2.44. The Kier molecular flexibility index (Phi) is 9.66. The molecule has 218 valence electrons. The minimum absolute atomic E-state index is 0.224. The number of fused-ring (bicyclic) bond motifs is 1. The highest BCUT2D eigenvalue weighted by Gasteiger charge is 2.43. The van der Waals surface area contributed by atoms with Crippen molar-refractivity contribution in [2.24, 2.45) is 0 Å². The number of carbonyl (C=O) groups excluding carboxylic acids is 3. The normalized spacial score (nSPS) is 16.0. The highest BCUT2D eigenvalue weighted by molar-refractivity contribution is 6.30. The number of amides is 2. The summed E-state index contributed by atoms with van der Waals surface area (Å²) in [6.07, 6.45) is 6.97. The SMILES string of the molecule is C#Cc1ccc2c(c1)C(=O)N(C(C)c1ccc(Cl)cc1)C(c1ccc(Cl)cc1)C(=O)N2CCCCC(=O)OC(C)(C)C. The fourth-order valence-electron chi connectivity index (χ4n) is 5.09. The van der Waals surface area contributed by atoms with E-state index in [2.05, 4.69) is 5.92 Å². The van der Waals surface area contributed by atoms with Crippen molar-refractivity contribution in [1.82, 2.24) is 4.90 Å². The number of benzene rings is 3. The molecule has 0 saturated heterocycles. The van der Waals surface area contributed by atoms with Gasteiger partial charge in [0, 0.05) is 28.6 Å². The first-order valence-corrected chi connectivity index (χ1v) is 14.6. The van der Waals surface area contributed by atoms with E-state index in [0.29, 0.717) is 51.8 Å². The Labute approximate surface area is 257 Å². The number of carbonyl (C=O) groups is 3. The fourth-order valence-corrected chi connectivity index (χ4v) is 5.34. The third kappa shape index (κ3) is 7.15. The van der Waals surface area contributed by atoms with Crippen LogP contribution in [0.4, 0.5) is 5.69 Å². The van der Waals surface area contributed by atoms with Gasteiger partial charge in [0.2, 0.25) is 0 Å². The van der Waals surface area contributed by atoms with Crippen LogP contribution in [-0.2, 0) is 14.3 Å². The van der Waals surface area contributed by atoms with Gasteiger partial charge in [-0.05, 0) is 94.1 Å². The smallest absolute Gasteiger partial charge is 0.306 e. The number of anilines is 1. The third-order valence-corrected chi connectivity index (χ3v) is 7.59. The first-order chi connectivity index (χ1) is 19.9. The standard InChI is InChI=1S/C34H34Cl2N2O4/c1-6-23-10-19-29-28(21-23)32(40)38(22(2)24-11-15-26(35)16-12-24)31(25-13-17-27(36)18-14-25)33(41)37(29)20-8-7-9-30(39)42-34(3,4)5/h1,10-19,21-22,31H,7-9,20H2,2-5H3. The Hall–Kier alpha value is -3.79. The van der Waals surface area contributed by atoms with E-state index < -0.39 is 17.7 Å². The number of ether oxygens (including phenoxy) is 1. The molecule has 0 saturated carbocycles. The Balaban J connectivity index is 1.77. The van der Waals surface area contributed by atoms with Crippen LogP contribution in [0.3, 0.4) is 0 Å². The molecule has 3 aromatic carbocycles. The second-order valence-corrected chi connectivity index (χ2v) is 12.2. The molecule has 6 nitrogen and oxygen atoms in total. The zero-order chi connectivity index (χ0) is 30.6. The number of hydrogen-bond donors (Lipinski definition) is 0. The quantitative estimate of drug-likeness (QED) is 0.149. The molecule has 0 radical (unpaired) electrons. The Bertz CT molecular complexity index is 1500. The van der Waals surface area contributed by atoms with Crippen LogP contribution < -0.4 is 4.90 Å². The molecule has 2 atom stereocenters. The van der Waals surface area contributed by atoms with Crippen LogP contribution in [0, 0.1) is 12.3 Å². The van der Waals surface area contributed by atoms with Gasteiger partial charge in [-0.15, -0.1) is 6.42 Å². The maximum Gasteiger partial charge on any atom is 0.306 e. The van der Waals surface area contributed by atoms with Crippen molar-refractivity contribution in [2.45, 2.75) is 64.6 Å². The van der Waals surface area contributed by atoms with Crippen molar-refractivity contribution >= 4 is 46.7 Å². The van der Waals surface area contributed by atoms with Crippen LogP contribution in [0.1, 0.15) is 86.1 Å². The predicted octanol–water partition coefficient (Wildman–Crippen LogP) is 7.78. The lowest BCUT2D eigenvalue weighted by Gasteiger charge is -2.36. The fraction of sp³-hybridized carbons (Fsp3) is 0.324. The van der Waals surface area contributed by atoms with Crippen molar-refractivity contribution in [3.8, 4) is 12.3 Å². The number of esters is 1. The van der Waals surface area contributed by atoms with E-state index in [9.17, 15) is 14.4 Å². The maximum absolute atomic E-state index is 14.6. The van der Waals surface area contributed by atoms with Gasteiger partial charge in [0.05, 0.1) is 17.3 Å². The van der Waals surface area contributed by atoms with Crippen molar-refractivity contribution < 1.29 is 19.1 Å². The van der Waals surface area contributed by atoms with Crippen LogP contribution in [0.5, 0.6) is 0 Å². The van der Waals surface area contributed by atoms with Gasteiger partial charge in [0.25, 0.3) is 11.8 Å². The summed E-state index contributed by atoms with van der Waals surface area (Å²) in [5, 5.41) is 1.09. The molecule has 1 aliphatic rings. The average Bonchev–Trinajstić information content (AvgIpc) is 3.03. The van der Waals surface area contributed by atoms with Crippen LogP contribution >= 0.6 is 23.2 Å². The number of terminal acetylenes is 1. The van der Waals surface area contributed by atoms with Gasteiger partial charge in [-0.2, -0.15) is 0 Å². The van der Waals surface area contributed by atoms with Gasteiger partial charge < -0.3 is 14.5 Å². The molecule has 2 amide bonds. The molecule has 0 aliphatic carbocycles. The van der Waals surface area contributed by atoms with E-state index in [-0.39, 0.29) is 24.2 Å². The predicted molar refractivity (Wildman–Crippen MR) is 167 cm³/mol. The minimum atomic E-state index is -0.951. The molecule has 42 heavy (non-hydrogen) atoms. The number of halogens is 2. The molecule has 1 heterocycles. The molecule has 2 unspecified atom stereocenters.